The first-order valence-electron chi connectivity index (χ1n) is 10.4. The van der Waals surface area contributed by atoms with Crippen LogP contribution in [0.3, 0.4) is 0 Å². The van der Waals surface area contributed by atoms with Crippen LogP contribution in [0.5, 0.6) is 0 Å². The predicted molar refractivity (Wildman–Crippen MR) is 127 cm³/mol. The van der Waals surface area contributed by atoms with Crippen molar-refractivity contribution in [1.82, 2.24) is 14.8 Å². The molecular formula is C24H22BrFN4OS. The Kier molecular flexibility index (Phi) is 5.45. The lowest BCUT2D eigenvalue weighted by Crippen LogP contribution is -2.36. The van der Waals surface area contributed by atoms with Crippen LogP contribution >= 0.6 is 27.7 Å². The Bertz CT molecular complexity index is 1240. The fourth-order valence-corrected chi connectivity index (χ4v) is 5.44. The molecule has 2 heterocycles. The molecule has 1 atom stereocenters. The Balaban J connectivity index is 1.53. The second kappa shape index (κ2) is 8.15. The smallest absolute Gasteiger partial charge is 0.227 e. The summed E-state index contributed by atoms with van der Waals surface area (Å²) in [6.45, 7) is 4.22. The number of nitrogens with zero attached hydrogens (tertiary/aromatic N) is 3. The third kappa shape index (κ3) is 4.01. The van der Waals surface area contributed by atoms with Gasteiger partial charge in [-0.1, -0.05) is 71.9 Å². The average molecular weight is 513 g/mol. The van der Waals surface area contributed by atoms with Gasteiger partial charge in [-0.05, 0) is 41.2 Å². The molecule has 1 N–H and O–H groups in total. The van der Waals surface area contributed by atoms with Crippen LogP contribution < -0.4 is 5.32 Å². The molecule has 0 radical (unpaired) electrons. The van der Waals surface area contributed by atoms with E-state index < -0.39 is 0 Å². The maximum Gasteiger partial charge on any atom is 0.227 e. The van der Waals surface area contributed by atoms with Crippen LogP contribution in [0.2, 0.25) is 0 Å². The molecule has 1 unspecified atom stereocenters. The fraction of sp³-hybridized carbons (Fsp3) is 0.292. The normalized spacial score (nSPS) is 19.4. The minimum Gasteiger partial charge on any atom is -0.328 e. The monoisotopic (exact) mass is 512 g/mol. The van der Waals surface area contributed by atoms with E-state index in [0.29, 0.717) is 28.8 Å². The standard InChI is InChI=1S/C24H22BrFN4OS/c1-24(2)11-18-20(19(31)12-24)21(14-7-9-16(25)10-8-14)30-22(27-18)28-23(29-30)32-13-15-5-3-4-6-17(15)26/h3-10,21H,11-13H2,1-2H3,(H,27,28,29). The molecule has 32 heavy (non-hydrogen) atoms. The third-order valence-corrected chi connectivity index (χ3v) is 7.23. The highest BCUT2D eigenvalue weighted by atomic mass is 79.9. The van der Waals surface area contributed by atoms with Crippen molar-refractivity contribution in [3.63, 3.8) is 0 Å². The number of fused-ring (bicyclic) bond motifs is 1. The number of thioether (sulfide) groups is 1. The first-order valence-corrected chi connectivity index (χ1v) is 12.2. The summed E-state index contributed by atoms with van der Waals surface area (Å²) in [7, 11) is 0. The number of hydrogen-bond donors (Lipinski definition) is 1. The molecule has 0 saturated heterocycles. The summed E-state index contributed by atoms with van der Waals surface area (Å²) in [5.41, 5.74) is 3.15. The number of hydrogen-bond acceptors (Lipinski definition) is 5. The van der Waals surface area contributed by atoms with Crippen LogP contribution in [0, 0.1) is 11.2 Å². The van der Waals surface area contributed by atoms with Gasteiger partial charge in [0.05, 0.1) is 0 Å². The number of aromatic nitrogens is 3. The number of carbonyl (C=O) groups excluding carboxylic acids is 1. The summed E-state index contributed by atoms with van der Waals surface area (Å²) in [5, 5.41) is 8.65. The second-order valence-electron chi connectivity index (χ2n) is 8.95. The lowest BCUT2D eigenvalue weighted by Gasteiger charge is -2.38. The summed E-state index contributed by atoms with van der Waals surface area (Å²) in [6, 6.07) is 14.3. The number of benzene rings is 2. The Hall–Kier alpha value is -2.45. The zero-order valence-electron chi connectivity index (χ0n) is 17.7. The number of nitrogens with one attached hydrogen (secondary N) is 1. The van der Waals surface area contributed by atoms with Gasteiger partial charge >= 0.3 is 0 Å². The van der Waals surface area contributed by atoms with Gasteiger partial charge < -0.3 is 5.32 Å². The SMILES string of the molecule is CC1(C)CC(=O)C2=C(C1)Nc1nc(SCc3ccccc3F)nn1C2c1ccc(Br)cc1. The molecule has 8 heteroatoms. The first-order chi connectivity index (χ1) is 15.3. The van der Waals surface area contributed by atoms with Crippen molar-refractivity contribution >= 4 is 39.4 Å². The molecule has 0 fully saturated rings. The molecule has 0 bridgehead atoms. The van der Waals surface area contributed by atoms with Crippen LogP contribution in [0.25, 0.3) is 0 Å². The summed E-state index contributed by atoms with van der Waals surface area (Å²) in [4.78, 5) is 17.9. The van der Waals surface area contributed by atoms with E-state index in [1.807, 2.05) is 30.3 Å². The fourth-order valence-electron chi connectivity index (χ4n) is 4.36. The highest BCUT2D eigenvalue weighted by Crippen LogP contribution is 2.45. The van der Waals surface area contributed by atoms with E-state index in [1.54, 1.807) is 16.8 Å². The van der Waals surface area contributed by atoms with Gasteiger partial charge in [-0.15, -0.1) is 5.10 Å². The molecule has 1 aliphatic carbocycles. The highest BCUT2D eigenvalue weighted by Gasteiger charge is 2.41. The summed E-state index contributed by atoms with van der Waals surface area (Å²) < 4.78 is 16.8. The minimum absolute atomic E-state index is 0.113. The van der Waals surface area contributed by atoms with E-state index in [1.165, 1.54) is 17.8 Å². The summed E-state index contributed by atoms with van der Waals surface area (Å²) in [5.74, 6) is 0.939. The van der Waals surface area contributed by atoms with Crippen molar-refractivity contribution in [2.45, 2.75) is 43.6 Å². The predicted octanol–water partition coefficient (Wildman–Crippen LogP) is 6.13. The van der Waals surface area contributed by atoms with Gasteiger partial charge in [-0.25, -0.2) is 9.07 Å². The van der Waals surface area contributed by atoms with Gasteiger partial charge in [-0.3, -0.25) is 4.79 Å². The zero-order chi connectivity index (χ0) is 22.5. The molecule has 5 rings (SSSR count). The molecular weight excluding hydrogens is 491 g/mol. The molecule has 5 nitrogen and oxygen atoms in total. The summed E-state index contributed by atoms with van der Waals surface area (Å²) >= 11 is 4.87. The molecule has 1 aliphatic heterocycles. The van der Waals surface area contributed by atoms with Crippen molar-refractivity contribution in [3.8, 4) is 0 Å². The van der Waals surface area contributed by atoms with Gasteiger partial charge in [0, 0.05) is 27.9 Å². The number of carbonyl (C=O) groups is 1. The van der Waals surface area contributed by atoms with E-state index in [0.717, 1.165) is 27.7 Å². The topological polar surface area (TPSA) is 59.8 Å². The maximum absolute atomic E-state index is 14.0. The summed E-state index contributed by atoms with van der Waals surface area (Å²) in [6.07, 6.45) is 1.27. The Morgan fingerprint density at radius 3 is 2.69 bits per heavy atom. The highest BCUT2D eigenvalue weighted by molar-refractivity contribution is 9.10. The second-order valence-corrected chi connectivity index (χ2v) is 10.8. The number of rotatable bonds is 4. The van der Waals surface area contributed by atoms with Crippen LogP contribution in [0.15, 0.2) is 69.4 Å². The van der Waals surface area contributed by atoms with Crippen molar-refractivity contribution in [1.29, 1.82) is 0 Å². The maximum atomic E-state index is 14.0. The Morgan fingerprint density at radius 1 is 1.19 bits per heavy atom. The number of allylic oxidation sites excluding steroid dienone is 2. The van der Waals surface area contributed by atoms with E-state index >= 15 is 0 Å². The Morgan fingerprint density at radius 2 is 1.94 bits per heavy atom. The van der Waals surface area contributed by atoms with Crippen molar-refractivity contribution < 1.29 is 9.18 Å². The van der Waals surface area contributed by atoms with E-state index in [4.69, 9.17) is 5.10 Å². The van der Waals surface area contributed by atoms with Crippen LogP contribution in [0.1, 0.15) is 43.9 Å². The molecule has 0 saturated carbocycles. The van der Waals surface area contributed by atoms with Gasteiger partial charge in [0.2, 0.25) is 11.1 Å². The van der Waals surface area contributed by atoms with Gasteiger partial charge in [0.25, 0.3) is 0 Å². The van der Waals surface area contributed by atoms with Crippen molar-refractivity contribution in [3.05, 3.63) is 81.2 Å². The lowest BCUT2D eigenvalue weighted by molar-refractivity contribution is -0.118. The number of Topliss-reactive ketones (excluding diaryl/α,β-unsaturated/α-hetero) is 1. The minimum atomic E-state index is -0.340. The molecule has 0 amide bonds. The largest absolute Gasteiger partial charge is 0.328 e. The third-order valence-electron chi connectivity index (χ3n) is 5.81. The van der Waals surface area contributed by atoms with Crippen LogP contribution in [-0.4, -0.2) is 20.5 Å². The van der Waals surface area contributed by atoms with E-state index in [2.05, 4.69) is 40.1 Å². The van der Waals surface area contributed by atoms with E-state index in [9.17, 15) is 9.18 Å². The number of anilines is 1. The number of halogens is 2. The Labute approximate surface area is 198 Å². The molecule has 2 aromatic carbocycles. The zero-order valence-corrected chi connectivity index (χ0v) is 20.1. The van der Waals surface area contributed by atoms with Crippen LogP contribution in [-0.2, 0) is 10.5 Å². The van der Waals surface area contributed by atoms with Gasteiger partial charge in [0.15, 0.2) is 5.78 Å². The lowest BCUT2D eigenvalue weighted by atomic mass is 9.73. The van der Waals surface area contributed by atoms with E-state index in [-0.39, 0.29) is 23.1 Å². The van der Waals surface area contributed by atoms with Crippen molar-refractivity contribution in [2.75, 3.05) is 5.32 Å². The first kappa shape index (κ1) is 21.4. The molecule has 2 aliphatic rings. The quantitative estimate of drug-likeness (QED) is 0.426. The number of ketones is 1. The van der Waals surface area contributed by atoms with Gasteiger partial charge in [0.1, 0.15) is 11.9 Å². The van der Waals surface area contributed by atoms with Crippen LogP contribution in [0.4, 0.5) is 10.3 Å². The average Bonchev–Trinajstić information content (AvgIpc) is 3.14. The van der Waals surface area contributed by atoms with Crippen molar-refractivity contribution in [2.24, 2.45) is 5.41 Å². The molecule has 1 aromatic heterocycles. The van der Waals surface area contributed by atoms with Gasteiger partial charge in [-0.2, -0.15) is 4.98 Å². The molecule has 0 spiro atoms. The molecule has 164 valence electrons. The molecule has 3 aromatic rings.